The van der Waals surface area contributed by atoms with Gasteiger partial charge in [-0.3, -0.25) is 4.79 Å². The summed E-state index contributed by atoms with van der Waals surface area (Å²) in [6.45, 7) is 2.42. The van der Waals surface area contributed by atoms with Crippen LogP contribution in [0.3, 0.4) is 0 Å². The molecule has 98 valence electrons. The molecule has 1 aromatic carbocycles. The Bertz CT molecular complexity index is 399. The van der Waals surface area contributed by atoms with Crippen LogP contribution in [0.15, 0.2) is 24.3 Å². The first-order valence-corrected chi connectivity index (χ1v) is 6.44. The Morgan fingerprint density at radius 1 is 1.39 bits per heavy atom. The molecule has 4 heteroatoms. The van der Waals surface area contributed by atoms with Gasteiger partial charge in [-0.05, 0) is 43.9 Å². The van der Waals surface area contributed by atoms with E-state index >= 15 is 0 Å². The second-order valence-electron chi connectivity index (χ2n) is 4.99. The molecule has 1 amide bonds. The zero-order valence-corrected chi connectivity index (χ0v) is 10.6. The van der Waals surface area contributed by atoms with Gasteiger partial charge in [-0.1, -0.05) is 12.1 Å². The first-order chi connectivity index (χ1) is 8.63. The molecule has 1 aliphatic carbocycles. The van der Waals surface area contributed by atoms with Crippen LogP contribution in [0.5, 0.6) is 5.75 Å². The zero-order valence-electron chi connectivity index (χ0n) is 10.6. The van der Waals surface area contributed by atoms with Crippen LogP contribution in [0.1, 0.15) is 25.3 Å². The SMILES string of the molecule is CC(Cc1ccc(O)cc1)NCC(=O)NC1CC1. The minimum atomic E-state index is 0.0788. The van der Waals surface area contributed by atoms with Crippen molar-refractivity contribution in [1.29, 1.82) is 0 Å². The smallest absolute Gasteiger partial charge is 0.234 e. The molecule has 0 radical (unpaired) electrons. The summed E-state index contributed by atoms with van der Waals surface area (Å²) in [7, 11) is 0. The van der Waals surface area contributed by atoms with Crippen molar-refractivity contribution >= 4 is 5.91 Å². The molecular weight excluding hydrogens is 228 g/mol. The van der Waals surface area contributed by atoms with Crippen molar-refractivity contribution in [3.63, 3.8) is 0 Å². The predicted molar refractivity (Wildman–Crippen MR) is 70.4 cm³/mol. The Hall–Kier alpha value is -1.55. The van der Waals surface area contributed by atoms with Gasteiger partial charge in [0.05, 0.1) is 6.54 Å². The van der Waals surface area contributed by atoms with Gasteiger partial charge < -0.3 is 15.7 Å². The third-order valence-electron chi connectivity index (χ3n) is 3.03. The molecule has 3 N–H and O–H groups in total. The lowest BCUT2D eigenvalue weighted by atomic mass is 10.1. The minimum Gasteiger partial charge on any atom is -0.508 e. The average molecular weight is 248 g/mol. The van der Waals surface area contributed by atoms with Gasteiger partial charge in [0.15, 0.2) is 0 Å². The van der Waals surface area contributed by atoms with E-state index in [1.807, 2.05) is 12.1 Å². The van der Waals surface area contributed by atoms with Crippen LogP contribution in [-0.2, 0) is 11.2 Å². The van der Waals surface area contributed by atoms with Gasteiger partial charge in [-0.15, -0.1) is 0 Å². The third kappa shape index (κ3) is 4.37. The summed E-state index contributed by atoms with van der Waals surface area (Å²) in [6, 6.07) is 7.82. The Morgan fingerprint density at radius 3 is 2.67 bits per heavy atom. The summed E-state index contributed by atoms with van der Waals surface area (Å²) in [5.74, 6) is 0.359. The Labute approximate surface area is 107 Å². The molecule has 1 saturated carbocycles. The number of hydrogen-bond acceptors (Lipinski definition) is 3. The number of hydrogen-bond donors (Lipinski definition) is 3. The van der Waals surface area contributed by atoms with E-state index in [1.165, 1.54) is 0 Å². The number of aromatic hydroxyl groups is 1. The topological polar surface area (TPSA) is 61.4 Å². The van der Waals surface area contributed by atoms with Crippen LogP contribution in [-0.4, -0.2) is 29.6 Å². The third-order valence-corrected chi connectivity index (χ3v) is 3.03. The van der Waals surface area contributed by atoms with E-state index in [4.69, 9.17) is 0 Å². The zero-order chi connectivity index (χ0) is 13.0. The van der Waals surface area contributed by atoms with Crippen LogP contribution < -0.4 is 10.6 Å². The number of phenolic OH excluding ortho intramolecular Hbond substituents is 1. The number of nitrogens with one attached hydrogen (secondary N) is 2. The first-order valence-electron chi connectivity index (χ1n) is 6.44. The summed E-state index contributed by atoms with van der Waals surface area (Å²) in [6.07, 6.45) is 3.08. The van der Waals surface area contributed by atoms with E-state index in [9.17, 15) is 9.90 Å². The van der Waals surface area contributed by atoms with Gasteiger partial charge in [0.25, 0.3) is 0 Å². The van der Waals surface area contributed by atoms with E-state index in [0.29, 0.717) is 12.6 Å². The molecule has 0 spiro atoms. The van der Waals surface area contributed by atoms with Crippen molar-refractivity contribution in [2.24, 2.45) is 0 Å². The quantitative estimate of drug-likeness (QED) is 0.708. The molecule has 1 aromatic rings. The number of rotatable bonds is 6. The largest absolute Gasteiger partial charge is 0.508 e. The molecule has 0 bridgehead atoms. The van der Waals surface area contributed by atoms with Crippen LogP contribution in [0, 0.1) is 0 Å². The van der Waals surface area contributed by atoms with Gasteiger partial charge in [0.1, 0.15) is 5.75 Å². The van der Waals surface area contributed by atoms with E-state index in [-0.39, 0.29) is 17.7 Å². The molecule has 18 heavy (non-hydrogen) atoms. The van der Waals surface area contributed by atoms with Crippen molar-refractivity contribution in [1.82, 2.24) is 10.6 Å². The van der Waals surface area contributed by atoms with Crippen molar-refractivity contribution in [2.75, 3.05) is 6.54 Å². The average Bonchev–Trinajstić information content (AvgIpc) is 3.13. The highest BCUT2D eigenvalue weighted by atomic mass is 16.3. The summed E-state index contributed by atoms with van der Waals surface area (Å²) >= 11 is 0. The molecule has 1 aliphatic rings. The van der Waals surface area contributed by atoms with Gasteiger partial charge in [0, 0.05) is 12.1 Å². The van der Waals surface area contributed by atoms with E-state index < -0.39 is 0 Å². The van der Waals surface area contributed by atoms with Crippen LogP contribution in [0.2, 0.25) is 0 Å². The molecule has 2 rings (SSSR count). The monoisotopic (exact) mass is 248 g/mol. The van der Waals surface area contributed by atoms with Crippen LogP contribution in [0.25, 0.3) is 0 Å². The summed E-state index contributed by atoms with van der Waals surface area (Å²) < 4.78 is 0. The molecule has 1 atom stereocenters. The van der Waals surface area contributed by atoms with Gasteiger partial charge >= 0.3 is 0 Å². The molecule has 0 aliphatic heterocycles. The molecular formula is C14H20N2O2. The van der Waals surface area contributed by atoms with Crippen molar-refractivity contribution < 1.29 is 9.90 Å². The Kier molecular flexibility index (Phi) is 4.20. The van der Waals surface area contributed by atoms with Crippen molar-refractivity contribution in [3.8, 4) is 5.75 Å². The normalized spacial score (nSPS) is 16.3. The van der Waals surface area contributed by atoms with Gasteiger partial charge in [-0.25, -0.2) is 0 Å². The predicted octanol–water partition coefficient (Wildman–Crippen LogP) is 1.19. The van der Waals surface area contributed by atoms with Gasteiger partial charge in [0.2, 0.25) is 5.91 Å². The summed E-state index contributed by atoms with van der Waals surface area (Å²) in [5, 5.41) is 15.3. The summed E-state index contributed by atoms with van der Waals surface area (Å²) in [4.78, 5) is 11.5. The molecule has 4 nitrogen and oxygen atoms in total. The van der Waals surface area contributed by atoms with E-state index in [2.05, 4.69) is 17.6 Å². The maximum atomic E-state index is 11.5. The van der Waals surface area contributed by atoms with E-state index in [1.54, 1.807) is 12.1 Å². The number of phenols is 1. The first kappa shape index (κ1) is 12.9. The highest BCUT2D eigenvalue weighted by Crippen LogP contribution is 2.18. The highest BCUT2D eigenvalue weighted by molar-refractivity contribution is 5.78. The van der Waals surface area contributed by atoms with Crippen LogP contribution >= 0.6 is 0 Å². The van der Waals surface area contributed by atoms with E-state index in [0.717, 1.165) is 24.8 Å². The minimum absolute atomic E-state index is 0.0788. The lowest BCUT2D eigenvalue weighted by Gasteiger charge is -2.13. The molecule has 0 aromatic heterocycles. The Morgan fingerprint density at radius 2 is 2.06 bits per heavy atom. The van der Waals surface area contributed by atoms with Crippen molar-refractivity contribution in [2.45, 2.75) is 38.3 Å². The second kappa shape index (κ2) is 5.87. The van der Waals surface area contributed by atoms with Gasteiger partial charge in [-0.2, -0.15) is 0 Å². The number of carbonyl (C=O) groups is 1. The lowest BCUT2D eigenvalue weighted by Crippen LogP contribution is -2.39. The van der Waals surface area contributed by atoms with Crippen LogP contribution in [0.4, 0.5) is 0 Å². The van der Waals surface area contributed by atoms with Crippen molar-refractivity contribution in [3.05, 3.63) is 29.8 Å². The Balaban J connectivity index is 1.69. The second-order valence-corrected chi connectivity index (χ2v) is 4.99. The molecule has 0 saturated heterocycles. The lowest BCUT2D eigenvalue weighted by molar-refractivity contribution is -0.120. The fraction of sp³-hybridized carbons (Fsp3) is 0.500. The number of benzene rings is 1. The standard InChI is InChI=1S/C14H20N2O2/c1-10(8-11-2-6-13(17)7-3-11)15-9-14(18)16-12-4-5-12/h2-3,6-7,10,12,15,17H,4-5,8-9H2,1H3,(H,16,18). The molecule has 1 fully saturated rings. The highest BCUT2D eigenvalue weighted by Gasteiger charge is 2.22. The fourth-order valence-corrected chi connectivity index (χ4v) is 1.83. The number of carbonyl (C=O) groups excluding carboxylic acids is 1. The number of amides is 1. The summed E-state index contributed by atoms with van der Waals surface area (Å²) in [5.41, 5.74) is 1.15. The maximum absolute atomic E-state index is 11.5. The maximum Gasteiger partial charge on any atom is 0.234 e. The molecule has 0 heterocycles. The fourth-order valence-electron chi connectivity index (χ4n) is 1.83. The molecule has 1 unspecified atom stereocenters.